The van der Waals surface area contributed by atoms with Crippen molar-refractivity contribution < 1.29 is 4.42 Å². The smallest absolute Gasteiger partial charge is 0.129 e. The summed E-state index contributed by atoms with van der Waals surface area (Å²) in [5, 5.41) is 0. The lowest BCUT2D eigenvalue weighted by atomic mass is 10.1. The zero-order valence-electron chi connectivity index (χ0n) is 12.6. The van der Waals surface area contributed by atoms with Crippen LogP contribution < -0.4 is 4.90 Å². The van der Waals surface area contributed by atoms with E-state index in [4.69, 9.17) is 21.0 Å². The van der Waals surface area contributed by atoms with Crippen LogP contribution in [0.25, 0.3) is 0 Å². The molecule has 1 saturated carbocycles. The molecule has 0 atom stereocenters. The molecule has 1 fully saturated rings. The molecular formula is C17H21ClN2O. The molecule has 0 N–H and O–H groups in total. The number of anilines is 1. The normalized spacial score (nSPS) is 14.7. The van der Waals surface area contributed by atoms with Crippen LogP contribution in [0.3, 0.4) is 0 Å². The molecule has 0 bridgehead atoms. The van der Waals surface area contributed by atoms with E-state index < -0.39 is 0 Å². The van der Waals surface area contributed by atoms with E-state index in [9.17, 15) is 0 Å². The third-order valence-corrected chi connectivity index (χ3v) is 4.13. The maximum absolute atomic E-state index is 6.05. The van der Waals surface area contributed by atoms with Crippen molar-refractivity contribution in [2.75, 3.05) is 4.90 Å². The highest BCUT2D eigenvalue weighted by molar-refractivity contribution is 6.17. The number of rotatable bonds is 6. The fourth-order valence-corrected chi connectivity index (χ4v) is 2.62. The molecule has 0 aliphatic heterocycles. The molecule has 2 aromatic rings. The van der Waals surface area contributed by atoms with Crippen LogP contribution in [-0.2, 0) is 12.4 Å². The van der Waals surface area contributed by atoms with E-state index in [1.165, 1.54) is 12.8 Å². The largest absolute Gasteiger partial charge is 0.467 e. The molecule has 0 aromatic carbocycles. The van der Waals surface area contributed by atoms with Crippen molar-refractivity contribution in [1.82, 2.24) is 4.98 Å². The van der Waals surface area contributed by atoms with Crippen LogP contribution in [0.5, 0.6) is 0 Å². The van der Waals surface area contributed by atoms with Crippen LogP contribution in [-0.4, -0.2) is 11.0 Å². The minimum absolute atomic E-state index is 0.400. The zero-order chi connectivity index (χ0) is 14.8. The highest BCUT2D eigenvalue weighted by Gasteiger charge is 2.31. The van der Waals surface area contributed by atoms with Gasteiger partial charge in [-0.3, -0.25) is 0 Å². The van der Waals surface area contributed by atoms with E-state index in [-0.39, 0.29) is 0 Å². The summed E-state index contributed by atoms with van der Waals surface area (Å²) in [5.74, 6) is 2.92. The Labute approximate surface area is 130 Å². The van der Waals surface area contributed by atoms with E-state index in [2.05, 4.69) is 30.9 Å². The van der Waals surface area contributed by atoms with E-state index in [1.54, 1.807) is 6.26 Å². The second-order valence-electron chi connectivity index (χ2n) is 5.99. The van der Waals surface area contributed by atoms with Gasteiger partial charge in [0.05, 0.1) is 12.8 Å². The SMILES string of the molecule is CC(C)c1cc(CCl)cc(N(Cc2ccco2)C2CC2)n1. The Kier molecular flexibility index (Phi) is 4.20. The van der Waals surface area contributed by atoms with Gasteiger partial charge in [0.2, 0.25) is 0 Å². The standard InChI is InChI=1S/C17H21ClN2O/c1-12(2)16-8-13(10-18)9-17(19-16)20(14-5-6-14)11-15-4-3-7-21-15/h3-4,7-9,12,14H,5-6,10-11H2,1-2H3. The van der Waals surface area contributed by atoms with Crippen LogP contribution in [0.1, 0.15) is 49.6 Å². The average molecular weight is 305 g/mol. The first-order valence-corrected chi connectivity index (χ1v) is 8.06. The topological polar surface area (TPSA) is 29.3 Å². The fourth-order valence-electron chi connectivity index (χ4n) is 2.47. The quantitative estimate of drug-likeness (QED) is 0.724. The third kappa shape index (κ3) is 3.41. The number of halogens is 1. The van der Waals surface area contributed by atoms with Gasteiger partial charge in [-0.05, 0) is 48.6 Å². The molecule has 3 rings (SSSR count). The molecule has 0 spiro atoms. The van der Waals surface area contributed by atoms with Crippen molar-refractivity contribution in [3.8, 4) is 0 Å². The van der Waals surface area contributed by atoms with Crippen LogP contribution in [0, 0.1) is 0 Å². The molecule has 0 amide bonds. The average Bonchev–Trinajstić information content (AvgIpc) is 3.20. The monoisotopic (exact) mass is 304 g/mol. The van der Waals surface area contributed by atoms with Gasteiger partial charge in [-0.15, -0.1) is 11.6 Å². The maximum atomic E-state index is 6.05. The van der Waals surface area contributed by atoms with Gasteiger partial charge in [-0.25, -0.2) is 4.98 Å². The zero-order valence-corrected chi connectivity index (χ0v) is 13.3. The second kappa shape index (κ2) is 6.10. The molecule has 2 heterocycles. The Morgan fingerprint density at radius 3 is 2.76 bits per heavy atom. The Balaban J connectivity index is 1.92. The van der Waals surface area contributed by atoms with Crippen molar-refractivity contribution in [1.29, 1.82) is 0 Å². The third-order valence-electron chi connectivity index (χ3n) is 3.83. The predicted molar refractivity (Wildman–Crippen MR) is 85.8 cm³/mol. The number of pyridine rings is 1. The molecule has 1 aliphatic carbocycles. The first-order valence-electron chi connectivity index (χ1n) is 7.53. The summed E-state index contributed by atoms with van der Waals surface area (Å²) >= 11 is 6.05. The summed E-state index contributed by atoms with van der Waals surface area (Å²) < 4.78 is 5.50. The number of furan rings is 1. The molecule has 112 valence electrons. The van der Waals surface area contributed by atoms with Gasteiger partial charge in [0.15, 0.2) is 0 Å². The number of alkyl halides is 1. The first kappa shape index (κ1) is 14.5. The van der Waals surface area contributed by atoms with Crippen molar-refractivity contribution in [2.45, 2.75) is 51.1 Å². The van der Waals surface area contributed by atoms with Gasteiger partial charge in [0.1, 0.15) is 11.6 Å². The van der Waals surface area contributed by atoms with E-state index in [1.807, 2.05) is 12.1 Å². The van der Waals surface area contributed by atoms with Crippen LogP contribution in [0.4, 0.5) is 5.82 Å². The summed E-state index contributed by atoms with van der Waals surface area (Å²) in [4.78, 5) is 7.20. The molecule has 0 saturated heterocycles. The Hall–Kier alpha value is -1.48. The van der Waals surface area contributed by atoms with Crippen molar-refractivity contribution in [3.05, 3.63) is 47.5 Å². The summed E-state index contributed by atoms with van der Waals surface area (Å²) in [5.41, 5.74) is 2.24. The lowest BCUT2D eigenvalue weighted by Gasteiger charge is -2.24. The van der Waals surface area contributed by atoms with Crippen LogP contribution in [0.15, 0.2) is 34.9 Å². The molecule has 21 heavy (non-hydrogen) atoms. The highest BCUT2D eigenvalue weighted by Crippen LogP contribution is 2.33. The lowest BCUT2D eigenvalue weighted by molar-refractivity contribution is 0.500. The molecule has 1 aliphatic rings. The Bertz CT molecular complexity index is 591. The van der Waals surface area contributed by atoms with E-state index in [0.29, 0.717) is 17.8 Å². The van der Waals surface area contributed by atoms with E-state index >= 15 is 0 Å². The number of hydrogen-bond donors (Lipinski definition) is 0. The highest BCUT2D eigenvalue weighted by atomic mass is 35.5. The summed E-state index contributed by atoms with van der Waals surface area (Å²) in [6.07, 6.45) is 4.18. The van der Waals surface area contributed by atoms with Crippen molar-refractivity contribution >= 4 is 17.4 Å². The van der Waals surface area contributed by atoms with Crippen LogP contribution >= 0.6 is 11.6 Å². The number of nitrogens with zero attached hydrogens (tertiary/aromatic N) is 2. The lowest BCUT2D eigenvalue weighted by Crippen LogP contribution is -2.26. The van der Waals surface area contributed by atoms with Gasteiger partial charge in [-0.1, -0.05) is 13.8 Å². The fraction of sp³-hybridized carbons (Fsp3) is 0.471. The number of aromatic nitrogens is 1. The van der Waals surface area contributed by atoms with Crippen molar-refractivity contribution in [3.63, 3.8) is 0 Å². The Morgan fingerprint density at radius 1 is 1.38 bits per heavy atom. The molecule has 0 radical (unpaired) electrons. The summed E-state index contributed by atoms with van der Waals surface area (Å²) in [6.45, 7) is 5.10. The predicted octanol–water partition coefficient (Wildman–Crippen LogP) is 4.71. The van der Waals surface area contributed by atoms with Crippen molar-refractivity contribution in [2.24, 2.45) is 0 Å². The minimum Gasteiger partial charge on any atom is -0.467 e. The molecular weight excluding hydrogens is 284 g/mol. The second-order valence-corrected chi connectivity index (χ2v) is 6.25. The molecule has 3 nitrogen and oxygen atoms in total. The van der Waals surface area contributed by atoms with Gasteiger partial charge < -0.3 is 9.32 Å². The van der Waals surface area contributed by atoms with E-state index in [0.717, 1.165) is 29.4 Å². The summed E-state index contributed by atoms with van der Waals surface area (Å²) in [6, 6.07) is 8.75. The number of hydrogen-bond acceptors (Lipinski definition) is 3. The maximum Gasteiger partial charge on any atom is 0.129 e. The Morgan fingerprint density at radius 2 is 2.19 bits per heavy atom. The van der Waals surface area contributed by atoms with Crippen LogP contribution in [0.2, 0.25) is 0 Å². The molecule has 0 unspecified atom stereocenters. The minimum atomic E-state index is 0.400. The summed E-state index contributed by atoms with van der Waals surface area (Å²) in [7, 11) is 0. The van der Waals surface area contributed by atoms with Gasteiger partial charge in [-0.2, -0.15) is 0 Å². The van der Waals surface area contributed by atoms with Gasteiger partial charge in [0.25, 0.3) is 0 Å². The van der Waals surface area contributed by atoms with Gasteiger partial charge >= 0.3 is 0 Å². The molecule has 4 heteroatoms. The van der Waals surface area contributed by atoms with Gasteiger partial charge in [0, 0.05) is 17.6 Å². The first-order chi connectivity index (χ1) is 10.2. The molecule has 2 aromatic heterocycles.